The summed E-state index contributed by atoms with van der Waals surface area (Å²) in [5.74, 6) is -3.59. The molecule has 12 nitrogen and oxygen atoms in total. The van der Waals surface area contributed by atoms with E-state index in [0.717, 1.165) is 17.5 Å². The van der Waals surface area contributed by atoms with Gasteiger partial charge in [-0.05, 0) is 53.9 Å². The third kappa shape index (κ3) is 14.4. The number of carboxylic acid groups (broad SMARTS) is 1. The Morgan fingerprint density at radius 1 is 0.706 bits per heavy atom. The number of ether oxygens (including phenoxy) is 1. The van der Waals surface area contributed by atoms with Gasteiger partial charge in [0.1, 0.15) is 23.9 Å². The minimum Gasteiger partial charge on any atom is -0.494 e. The number of nitrogens with one attached hydrogen (secondary N) is 4. The lowest BCUT2D eigenvalue weighted by Gasteiger charge is -2.30. The molecule has 0 aliphatic heterocycles. The Balaban J connectivity index is 2.24. The Kier molecular flexibility index (Phi) is 18.2. The highest BCUT2D eigenvalue weighted by Gasteiger charge is 2.34. The third-order valence-electron chi connectivity index (χ3n) is 9.08. The average molecular weight is 711 g/mol. The summed E-state index contributed by atoms with van der Waals surface area (Å²) in [5, 5.41) is 32.0. The Labute approximate surface area is 302 Å². The number of aliphatic hydroxyl groups excluding tert-OH is 1. The van der Waals surface area contributed by atoms with Gasteiger partial charge in [0, 0.05) is 0 Å². The third-order valence-corrected chi connectivity index (χ3v) is 9.08. The van der Waals surface area contributed by atoms with Gasteiger partial charge in [-0.1, -0.05) is 104 Å². The second kappa shape index (κ2) is 21.7. The Bertz CT molecular complexity index is 1420. The first-order valence-corrected chi connectivity index (χ1v) is 18.1. The molecule has 2 rings (SSSR count). The molecule has 0 aliphatic carbocycles. The van der Waals surface area contributed by atoms with Crippen LogP contribution in [0, 0.1) is 17.8 Å². The standard InChI is InChI=1S/C39H58N4O8/c1-8-19-51-29-18-14-17-28(20-29)22-32(45)41-35(25(6)9-2)37(47)40-30(21-27-15-12-11-13-16-27)31(44)23-33(46)42-36(26(7)10-3)38(48)43-34(24(4)5)39(49)50/h11-18,20,24-26,30-31,34-36,44H,8-10,19,21-23H2,1-7H3,(H,40,47)(H,41,45)(H,42,46)(H,43,48)(H,49,50)/t25-,26-,30-,31-,34-,35-,36-/m0/s1. The molecule has 0 saturated heterocycles. The van der Waals surface area contributed by atoms with Crippen LogP contribution in [0.5, 0.6) is 5.75 Å². The first-order valence-electron chi connectivity index (χ1n) is 18.1. The minimum absolute atomic E-state index is 0.0368. The SMILES string of the molecule is CCCOc1cccc(CC(=O)N[C@H](C(=O)N[C@@H](Cc2ccccc2)[C@@H](O)CC(=O)N[C@H](C(=O)N[C@H](C(=O)O)C(C)C)[C@@H](C)CC)[C@@H](C)CC)c1. The van der Waals surface area contributed by atoms with Gasteiger partial charge in [-0.3, -0.25) is 19.2 Å². The highest BCUT2D eigenvalue weighted by Crippen LogP contribution is 2.17. The molecule has 0 fully saturated rings. The second-order valence-corrected chi connectivity index (χ2v) is 13.7. The lowest BCUT2D eigenvalue weighted by atomic mass is 9.94. The fraction of sp³-hybridized carbons (Fsp3) is 0.564. The average Bonchev–Trinajstić information content (AvgIpc) is 3.10. The van der Waals surface area contributed by atoms with Gasteiger partial charge in [-0.25, -0.2) is 4.79 Å². The lowest BCUT2D eigenvalue weighted by molar-refractivity contribution is -0.143. The fourth-order valence-corrected chi connectivity index (χ4v) is 5.52. The van der Waals surface area contributed by atoms with Crippen LogP contribution >= 0.6 is 0 Å². The molecule has 0 bridgehead atoms. The van der Waals surface area contributed by atoms with E-state index in [1.54, 1.807) is 26.8 Å². The number of amides is 4. The van der Waals surface area contributed by atoms with Crippen LogP contribution in [-0.4, -0.2) is 76.7 Å². The van der Waals surface area contributed by atoms with E-state index in [1.165, 1.54) is 0 Å². The zero-order valence-electron chi connectivity index (χ0n) is 31.1. The van der Waals surface area contributed by atoms with Crippen LogP contribution in [0.3, 0.4) is 0 Å². The Hall–Kier alpha value is -4.45. The predicted molar refractivity (Wildman–Crippen MR) is 196 cm³/mol. The molecule has 6 N–H and O–H groups in total. The highest BCUT2D eigenvalue weighted by molar-refractivity contribution is 5.91. The number of rotatable bonds is 22. The molecule has 282 valence electrons. The summed E-state index contributed by atoms with van der Waals surface area (Å²) >= 11 is 0. The largest absolute Gasteiger partial charge is 0.494 e. The maximum atomic E-state index is 13.8. The van der Waals surface area contributed by atoms with Gasteiger partial charge in [0.2, 0.25) is 23.6 Å². The highest BCUT2D eigenvalue weighted by atomic mass is 16.5. The zero-order valence-corrected chi connectivity index (χ0v) is 31.1. The van der Waals surface area contributed by atoms with E-state index >= 15 is 0 Å². The van der Waals surface area contributed by atoms with Crippen LogP contribution < -0.4 is 26.0 Å². The number of aliphatic carboxylic acids is 1. The molecule has 0 aromatic heterocycles. The van der Waals surface area contributed by atoms with Crippen molar-refractivity contribution in [3.05, 3.63) is 65.7 Å². The van der Waals surface area contributed by atoms with Gasteiger partial charge < -0.3 is 36.2 Å². The molecule has 2 aromatic carbocycles. The molecule has 0 heterocycles. The number of aliphatic hydroxyl groups is 1. The fourth-order valence-electron chi connectivity index (χ4n) is 5.52. The van der Waals surface area contributed by atoms with Crippen molar-refractivity contribution in [1.82, 2.24) is 21.3 Å². The molecular formula is C39H58N4O8. The maximum absolute atomic E-state index is 13.8. The number of carbonyl (C=O) groups is 5. The van der Waals surface area contributed by atoms with Gasteiger partial charge in [0.05, 0.1) is 31.6 Å². The molecule has 7 atom stereocenters. The molecule has 2 aromatic rings. The molecule has 0 unspecified atom stereocenters. The van der Waals surface area contributed by atoms with Gasteiger partial charge in [0.15, 0.2) is 0 Å². The predicted octanol–water partition coefficient (Wildman–Crippen LogP) is 3.78. The van der Waals surface area contributed by atoms with E-state index in [0.29, 0.717) is 25.2 Å². The van der Waals surface area contributed by atoms with Crippen molar-refractivity contribution in [2.75, 3.05) is 6.61 Å². The summed E-state index contributed by atoms with van der Waals surface area (Å²) in [6, 6.07) is 12.4. The molecule has 4 amide bonds. The van der Waals surface area contributed by atoms with Crippen LogP contribution in [0.2, 0.25) is 0 Å². The van der Waals surface area contributed by atoms with E-state index in [4.69, 9.17) is 4.74 Å². The smallest absolute Gasteiger partial charge is 0.326 e. The van der Waals surface area contributed by atoms with Crippen molar-refractivity contribution in [2.24, 2.45) is 17.8 Å². The van der Waals surface area contributed by atoms with E-state index in [9.17, 15) is 34.2 Å². The van der Waals surface area contributed by atoms with Crippen LogP contribution in [0.1, 0.15) is 85.3 Å². The first kappa shape index (κ1) is 42.7. The van der Waals surface area contributed by atoms with Crippen molar-refractivity contribution in [1.29, 1.82) is 0 Å². The molecule has 51 heavy (non-hydrogen) atoms. The van der Waals surface area contributed by atoms with Crippen molar-refractivity contribution in [2.45, 2.75) is 117 Å². The monoisotopic (exact) mass is 710 g/mol. The topological polar surface area (TPSA) is 183 Å². The molecule has 0 spiro atoms. The van der Waals surface area contributed by atoms with Gasteiger partial charge in [-0.15, -0.1) is 0 Å². The summed E-state index contributed by atoms with van der Waals surface area (Å²) in [4.78, 5) is 65.3. The Morgan fingerprint density at radius 2 is 1.27 bits per heavy atom. The van der Waals surface area contributed by atoms with E-state index in [-0.39, 0.29) is 36.5 Å². The Morgan fingerprint density at radius 3 is 1.82 bits per heavy atom. The van der Waals surface area contributed by atoms with E-state index in [1.807, 2.05) is 76.2 Å². The number of carbonyl (C=O) groups excluding carboxylic acids is 4. The van der Waals surface area contributed by atoms with Crippen LogP contribution in [0.4, 0.5) is 0 Å². The van der Waals surface area contributed by atoms with E-state index in [2.05, 4.69) is 21.3 Å². The number of benzene rings is 2. The van der Waals surface area contributed by atoms with Gasteiger partial charge in [-0.2, -0.15) is 0 Å². The molecule has 0 saturated carbocycles. The quantitative estimate of drug-likeness (QED) is 0.107. The summed E-state index contributed by atoms with van der Waals surface area (Å²) in [5.41, 5.74) is 1.54. The van der Waals surface area contributed by atoms with Crippen molar-refractivity contribution < 1.29 is 38.9 Å². The number of carboxylic acids is 1. The zero-order chi connectivity index (χ0) is 38.1. The summed E-state index contributed by atoms with van der Waals surface area (Å²) in [6.07, 6.45) is 0.382. The minimum atomic E-state index is -1.36. The van der Waals surface area contributed by atoms with Gasteiger partial charge >= 0.3 is 5.97 Å². The van der Waals surface area contributed by atoms with Crippen LogP contribution in [-0.2, 0) is 36.8 Å². The number of hydrogen-bond acceptors (Lipinski definition) is 7. The molecular weight excluding hydrogens is 652 g/mol. The van der Waals surface area contributed by atoms with Crippen LogP contribution in [0.15, 0.2) is 54.6 Å². The first-order chi connectivity index (χ1) is 24.2. The summed E-state index contributed by atoms with van der Waals surface area (Å²) < 4.78 is 5.69. The van der Waals surface area contributed by atoms with Crippen molar-refractivity contribution in [3.63, 3.8) is 0 Å². The molecule has 0 radical (unpaired) electrons. The summed E-state index contributed by atoms with van der Waals surface area (Å²) in [6.45, 7) is 13.3. The van der Waals surface area contributed by atoms with Crippen molar-refractivity contribution >= 4 is 29.6 Å². The van der Waals surface area contributed by atoms with Gasteiger partial charge in [0.25, 0.3) is 0 Å². The van der Waals surface area contributed by atoms with E-state index < -0.39 is 60.4 Å². The molecule has 0 aliphatic rings. The molecule has 12 heteroatoms. The van der Waals surface area contributed by atoms with Crippen LogP contribution in [0.25, 0.3) is 0 Å². The number of hydrogen-bond donors (Lipinski definition) is 6. The lowest BCUT2D eigenvalue weighted by Crippen LogP contribution is -2.57. The second-order valence-electron chi connectivity index (χ2n) is 13.7. The normalized spacial score (nSPS) is 15.3. The maximum Gasteiger partial charge on any atom is 0.326 e. The summed E-state index contributed by atoms with van der Waals surface area (Å²) in [7, 11) is 0. The van der Waals surface area contributed by atoms with Crippen molar-refractivity contribution in [3.8, 4) is 5.75 Å².